The van der Waals surface area contributed by atoms with Crippen LogP contribution in [0.2, 0.25) is 0 Å². The molecular formula is C19H30N2O3S. The second-order valence-electron chi connectivity index (χ2n) is 8.72. The Balaban J connectivity index is 1.40. The number of hydrogen-bond acceptors (Lipinski definition) is 4. The Morgan fingerprint density at radius 1 is 1.28 bits per heavy atom. The number of hydrogen-bond donors (Lipinski definition) is 1. The Morgan fingerprint density at radius 2 is 2.04 bits per heavy atom. The van der Waals surface area contributed by atoms with Crippen LogP contribution in [-0.2, 0) is 14.3 Å². The number of rotatable bonds is 5. The summed E-state index contributed by atoms with van der Waals surface area (Å²) in [4.78, 5) is 27.0. The number of nitrogens with zero attached hydrogens (tertiary/aromatic N) is 1. The van der Waals surface area contributed by atoms with Crippen LogP contribution in [0.1, 0.15) is 45.4 Å². The fourth-order valence-corrected chi connectivity index (χ4v) is 6.10. The molecule has 0 radical (unpaired) electrons. The van der Waals surface area contributed by atoms with E-state index in [2.05, 4.69) is 12.2 Å². The van der Waals surface area contributed by atoms with Gasteiger partial charge in [-0.05, 0) is 31.9 Å². The number of carbonyl (C=O) groups is 2. The number of carbonyl (C=O) groups excluding carboxylic acids is 2. The highest BCUT2D eigenvalue weighted by atomic mass is 32.2. The van der Waals surface area contributed by atoms with Crippen molar-refractivity contribution in [2.45, 2.75) is 57.2 Å². The number of nitrogens with one attached hydrogen (secondary N) is 1. The first-order valence-electron chi connectivity index (χ1n) is 9.70. The molecule has 6 heteroatoms. The SMILES string of the molecule is CSCC(=O)N1C[C@@H]2[C@H](CNC(=O)C3(C)CCCC3)[C@H]3CC[C@]2(C1)O3. The van der Waals surface area contributed by atoms with Gasteiger partial charge in [0.2, 0.25) is 11.8 Å². The predicted molar refractivity (Wildman–Crippen MR) is 98.4 cm³/mol. The molecule has 1 spiro atoms. The van der Waals surface area contributed by atoms with E-state index < -0.39 is 0 Å². The standard InChI is InChI=1S/C19H30N2O3S/c1-18(6-3-4-7-18)17(23)20-9-13-14-10-21(16(22)11-25-2)12-19(14)8-5-15(13)24-19/h13-15H,3-12H2,1-2H3,(H,20,23)/t13-,14+,15+,19+/m0/s1. The first-order chi connectivity index (χ1) is 12.0. The molecule has 2 amide bonds. The fraction of sp³-hybridized carbons (Fsp3) is 0.895. The molecule has 5 nitrogen and oxygen atoms in total. The van der Waals surface area contributed by atoms with Crippen LogP contribution in [0.15, 0.2) is 0 Å². The third kappa shape index (κ3) is 2.89. The molecule has 1 saturated carbocycles. The largest absolute Gasteiger partial charge is 0.369 e. The van der Waals surface area contributed by atoms with Crippen LogP contribution < -0.4 is 5.32 Å². The molecule has 1 aliphatic carbocycles. The van der Waals surface area contributed by atoms with Gasteiger partial charge in [0.05, 0.1) is 24.0 Å². The minimum Gasteiger partial charge on any atom is -0.369 e. The normalized spacial score (nSPS) is 38.2. The molecule has 0 aromatic rings. The van der Waals surface area contributed by atoms with E-state index in [9.17, 15) is 9.59 Å². The number of thioether (sulfide) groups is 1. The smallest absolute Gasteiger partial charge is 0.232 e. The highest BCUT2D eigenvalue weighted by Crippen LogP contribution is 2.54. The monoisotopic (exact) mass is 366 g/mol. The highest BCUT2D eigenvalue weighted by molar-refractivity contribution is 7.99. The Labute approximate surface area is 154 Å². The van der Waals surface area contributed by atoms with Crippen molar-refractivity contribution in [1.82, 2.24) is 10.2 Å². The van der Waals surface area contributed by atoms with Gasteiger partial charge in [-0.3, -0.25) is 9.59 Å². The van der Waals surface area contributed by atoms with Gasteiger partial charge in [0, 0.05) is 30.3 Å². The van der Waals surface area contributed by atoms with Gasteiger partial charge in [-0.25, -0.2) is 0 Å². The summed E-state index contributed by atoms with van der Waals surface area (Å²) < 4.78 is 6.39. The van der Waals surface area contributed by atoms with Gasteiger partial charge in [0.25, 0.3) is 0 Å². The number of amides is 2. The summed E-state index contributed by atoms with van der Waals surface area (Å²) in [6.45, 7) is 4.35. The molecule has 3 aliphatic heterocycles. The average Bonchev–Trinajstić information content (AvgIpc) is 3.33. The molecule has 4 aliphatic rings. The van der Waals surface area contributed by atoms with Crippen LogP contribution in [0.5, 0.6) is 0 Å². The van der Waals surface area contributed by atoms with Crippen molar-refractivity contribution >= 4 is 23.6 Å². The van der Waals surface area contributed by atoms with Crippen LogP contribution in [0.25, 0.3) is 0 Å². The van der Waals surface area contributed by atoms with Gasteiger partial charge in [-0.2, -0.15) is 11.8 Å². The maximum absolute atomic E-state index is 12.7. The zero-order chi connectivity index (χ0) is 17.7. The van der Waals surface area contributed by atoms with Crippen molar-refractivity contribution < 1.29 is 14.3 Å². The number of fused-ring (bicyclic) bond motifs is 1. The zero-order valence-corrected chi connectivity index (χ0v) is 16.2. The summed E-state index contributed by atoms with van der Waals surface area (Å²) >= 11 is 1.58. The van der Waals surface area contributed by atoms with E-state index in [4.69, 9.17) is 4.74 Å². The third-order valence-corrected chi connectivity index (χ3v) is 7.69. The van der Waals surface area contributed by atoms with E-state index in [1.54, 1.807) is 11.8 Å². The zero-order valence-electron chi connectivity index (χ0n) is 15.4. The van der Waals surface area contributed by atoms with E-state index in [0.29, 0.717) is 24.1 Å². The van der Waals surface area contributed by atoms with Crippen LogP contribution >= 0.6 is 11.8 Å². The molecule has 1 N–H and O–H groups in total. The predicted octanol–water partition coefficient (Wildman–Crippen LogP) is 2.05. The van der Waals surface area contributed by atoms with E-state index in [1.165, 1.54) is 0 Å². The van der Waals surface area contributed by atoms with Gasteiger partial charge in [-0.15, -0.1) is 0 Å². The Hall–Kier alpha value is -0.750. The van der Waals surface area contributed by atoms with Crippen LogP contribution in [-0.4, -0.2) is 60.1 Å². The van der Waals surface area contributed by atoms with Gasteiger partial charge in [0.1, 0.15) is 0 Å². The van der Waals surface area contributed by atoms with Crippen molar-refractivity contribution in [2.75, 3.05) is 31.6 Å². The van der Waals surface area contributed by atoms with Crippen LogP contribution in [0, 0.1) is 17.3 Å². The average molecular weight is 367 g/mol. The van der Waals surface area contributed by atoms with Crippen LogP contribution in [0.4, 0.5) is 0 Å². The summed E-state index contributed by atoms with van der Waals surface area (Å²) in [6.07, 6.45) is 8.71. The molecule has 0 unspecified atom stereocenters. The molecule has 0 aromatic carbocycles. The van der Waals surface area contributed by atoms with Crippen molar-refractivity contribution in [3.8, 4) is 0 Å². The van der Waals surface area contributed by atoms with E-state index in [-0.39, 0.29) is 28.9 Å². The molecule has 25 heavy (non-hydrogen) atoms. The molecular weight excluding hydrogens is 336 g/mol. The topological polar surface area (TPSA) is 58.6 Å². The summed E-state index contributed by atoms with van der Waals surface area (Å²) in [5.41, 5.74) is -0.308. The second-order valence-corrected chi connectivity index (χ2v) is 9.58. The van der Waals surface area contributed by atoms with Crippen LogP contribution in [0.3, 0.4) is 0 Å². The maximum Gasteiger partial charge on any atom is 0.232 e. The molecule has 0 aromatic heterocycles. The van der Waals surface area contributed by atoms with E-state index >= 15 is 0 Å². The Morgan fingerprint density at radius 3 is 2.76 bits per heavy atom. The van der Waals surface area contributed by atoms with Gasteiger partial charge in [-0.1, -0.05) is 19.8 Å². The van der Waals surface area contributed by atoms with Crippen molar-refractivity contribution in [2.24, 2.45) is 17.3 Å². The first kappa shape index (κ1) is 17.7. The number of likely N-dealkylation sites (tertiary alicyclic amines) is 1. The lowest BCUT2D eigenvalue weighted by Gasteiger charge is -2.30. The maximum atomic E-state index is 12.7. The van der Waals surface area contributed by atoms with Crippen molar-refractivity contribution in [1.29, 1.82) is 0 Å². The minimum atomic E-state index is -0.174. The van der Waals surface area contributed by atoms with E-state index in [1.807, 2.05) is 11.2 Å². The lowest BCUT2D eigenvalue weighted by Crippen LogP contribution is -2.45. The summed E-state index contributed by atoms with van der Waals surface area (Å²) in [5, 5.41) is 3.24. The molecule has 2 bridgehead atoms. The summed E-state index contributed by atoms with van der Waals surface area (Å²) in [6, 6.07) is 0. The van der Waals surface area contributed by atoms with Crippen molar-refractivity contribution in [3.05, 3.63) is 0 Å². The molecule has 3 saturated heterocycles. The molecule has 4 fully saturated rings. The van der Waals surface area contributed by atoms with Gasteiger partial charge in [0.15, 0.2) is 0 Å². The highest BCUT2D eigenvalue weighted by Gasteiger charge is 2.63. The molecule has 4 rings (SSSR count). The summed E-state index contributed by atoms with van der Waals surface area (Å²) in [5.74, 6) is 1.73. The Bertz CT molecular complexity index is 563. The fourth-order valence-electron chi connectivity index (χ4n) is 5.67. The lowest BCUT2D eigenvalue weighted by molar-refractivity contribution is -0.131. The molecule has 140 valence electrons. The number of ether oxygens (including phenoxy) is 1. The molecule has 3 heterocycles. The third-order valence-electron chi connectivity index (χ3n) is 7.16. The lowest BCUT2D eigenvalue weighted by atomic mass is 9.73. The second kappa shape index (κ2) is 6.45. The summed E-state index contributed by atoms with van der Waals surface area (Å²) in [7, 11) is 0. The Kier molecular flexibility index (Phi) is 4.55. The van der Waals surface area contributed by atoms with Gasteiger partial charge < -0.3 is 15.0 Å². The first-order valence-corrected chi connectivity index (χ1v) is 11.1. The van der Waals surface area contributed by atoms with E-state index in [0.717, 1.165) is 51.6 Å². The minimum absolute atomic E-state index is 0.134. The quantitative estimate of drug-likeness (QED) is 0.809. The molecule has 4 atom stereocenters. The van der Waals surface area contributed by atoms with Crippen molar-refractivity contribution in [3.63, 3.8) is 0 Å². The van der Waals surface area contributed by atoms with Gasteiger partial charge >= 0.3 is 0 Å².